The third-order valence-electron chi connectivity index (χ3n) is 3.62. The van der Waals surface area contributed by atoms with Crippen molar-refractivity contribution in [2.45, 2.75) is 32.2 Å². The molecule has 17 heavy (non-hydrogen) atoms. The molecule has 1 aromatic rings. The molecule has 1 aliphatic rings. The number of phenols is 1. The molecule has 1 aliphatic heterocycles. The summed E-state index contributed by atoms with van der Waals surface area (Å²) in [7, 11) is 1.99. The number of fused-ring (bicyclic) bond motifs is 1. The summed E-state index contributed by atoms with van der Waals surface area (Å²) in [6.45, 7) is 4.27. The van der Waals surface area contributed by atoms with Gasteiger partial charge in [0.25, 0.3) is 0 Å². The van der Waals surface area contributed by atoms with Crippen LogP contribution < -0.4 is 10.2 Å². The van der Waals surface area contributed by atoms with Crippen molar-refractivity contribution in [2.24, 2.45) is 0 Å². The number of benzene rings is 1. The zero-order valence-corrected chi connectivity index (χ0v) is 10.7. The van der Waals surface area contributed by atoms with Crippen molar-refractivity contribution in [1.29, 1.82) is 0 Å². The van der Waals surface area contributed by atoms with Crippen LogP contribution >= 0.6 is 0 Å². The molecule has 1 aromatic carbocycles. The van der Waals surface area contributed by atoms with E-state index in [0.29, 0.717) is 11.8 Å². The first kappa shape index (κ1) is 12.2. The number of anilines is 1. The first-order valence-corrected chi connectivity index (χ1v) is 6.50. The number of hydrogen-bond acceptors (Lipinski definition) is 3. The number of likely N-dealkylation sites (N-methyl/N-ethyl adjacent to an activating group) is 1. The van der Waals surface area contributed by atoms with Crippen LogP contribution in [0, 0.1) is 0 Å². The number of hydrogen-bond donors (Lipinski definition) is 2. The summed E-state index contributed by atoms with van der Waals surface area (Å²) in [6.07, 6.45) is 3.36. The van der Waals surface area contributed by atoms with Gasteiger partial charge in [0.05, 0.1) is 0 Å². The second kappa shape index (κ2) is 5.41. The lowest BCUT2D eigenvalue weighted by atomic mass is 10.1. The van der Waals surface area contributed by atoms with Gasteiger partial charge in [-0.1, -0.05) is 6.07 Å². The average Bonchev–Trinajstić information content (AvgIpc) is 2.69. The van der Waals surface area contributed by atoms with Crippen molar-refractivity contribution in [2.75, 3.05) is 25.0 Å². The molecule has 3 heteroatoms. The van der Waals surface area contributed by atoms with E-state index in [9.17, 15) is 5.11 Å². The molecule has 0 saturated heterocycles. The molecule has 0 aromatic heterocycles. The Morgan fingerprint density at radius 3 is 3.00 bits per heavy atom. The second-order valence-electron chi connectivity index (χ2n) is 4.66. The van der Waals surface area contributed by atoms with Gasteiger partial charge in [-0.25, -0.2) is 0 Å². The van der Waals surface area contributed by atoms with E-state index in [1.165, 1.54) is 18.5 Å². The minimum absolute atomic E-state index is 0.456. The highest BCUT2D eigenvalue weighted by atomic mass is 16.3. The monoisotopic (exact) mass is 234 g/mol. The summed E-state index contributed by atoms with van der Waals surface area (Å²) >= 11 is 0. The van der Waals surface area contributed by atoms with Crippen LogP contribution in [0.5, 0.6) is 5.75 Å². The van der Waals surface area contributed by atoms with Crippen molar-refractivity contribution in [1.82, 2.24) is 5.32 Å². The predicted molar refractivity (Wildman–Crippen MR) is 71.8 cm³/mol. The van der Waals surface area contributed by atoms with Crippen LogP contribution in [0.15, 0.2) is 18.2 Å². The van der Waals surface area contributed by atoms with Gasteiger partial charge in [-0.05, 0) is 51.9 Å². The number of nitrogens with one attached hydrogen (secondary N) is 1. The zero-order chi connectivity index (χ0) is 12.3. The van der Waals surface area contributed by atoms with Gasteiger partial charge in [-0.2, -0.15) is 0 Å². The van der Waals surface area contributed by atoms with Crippen molar-refractivity contribution in [3.63, 3.8) is 0 Å². The number of phenolic OH excluding ortho intramolecular Hbond substituents is 1. The molecule has 94 valence electrons. The molecule has 2 N–H and O–H groups in total. The maximum Gasteiger partial charge on any atom is 0.120 e. The molecule has 0 radical (unpaired) electrons. The first-order valence-electron chi connectivity index (χ1n) is 6.50. The van der Waals surface area contributed by atoms with E-state index in [1.54, 1.807) is 6.07 Å². The Morgan fingerprint density at radius 2 is 2.29 bits per heavy atom. The molecule has 0 spiro atoms. The lowest BCUT2D eigenvalue weighted by Gasteiger charge is -2.26. The Kier molecular flexibility index (Phi) is 3.89. The third kappa shape index (κ3) is 2.39. The Morgan fingerprint density at radius 1 is 1.47 bits per heavy atom. The predicted octanol–water partition coefficient (Wildman–Crippen LogP) is 2.14. The van der Waals surface area contributed by atoms with Gasteiger partial charge in [0.1, 0.15) is 5.75 Å². The van der Waals surface area contributed by atoms with Crippen LogP contribution in [0.3, 0.4) is 0 Å². The molecule has 1 unspecified atom stereocenters. The first-order chi connectivity index (χ1) is 8.27. The quantitative estimate of drug-likeness (QED) is 0.766. The molecule has 0 bridgehead atoms. The lowest BCUT2D eigenvalue weighted by molar-refractivity contribution is 0.466. The van der Waals surface area contributed by atoms with Gasteiger partial charge in [-0.3, -0.25) is 0 Å². The fourth-order valence-electron chi connectivity index (χ4n) is 2.78. The normalized spacial score (nSPS) is 18.5. The maximum absolute atomic E-state index is 9.90. The standard InChI is InChI=1S/C14H22N2O/c1-3-16-11(6-5-9-15-2)10-12-13(16)7-4-8-14(12)17/h4,7-8,11,15,17H,3,5-6,9-10H2,1-2H3. The molecule has 1 atom stereocenters. The van der Waals surface area contributed by atoms with Crippen LogP contribution in [0.4, 0.5) is 5.69 Å². The van der Waals surface area contributed by atoms with Crippen molar-refractivity contribution >= 4 is 5.69 Å². The van der Waals surface area contributed by atoms with Crippen molar-refractivity contribution in [3.05, 3.63) is 23.8 Å². The summed E-state index contributed by atoms with van der Waals surface area (Å²) in [5.74, 6) is 0.456. The Labute approximate surface area is 103 Å². The molecule has 3 nitrogen and oxygen atoms in total. The highest BCUT2D eigenvalue weighted by molar-refractivity contribution is 5.64. The van der Waals surface area contributed by atoms with E-state index in [4.69, 9.17) is 0 Å². The molecule has 0 saturated carbocycles. The highest BCUT2D eigenvalue weighted by Crippen LogP contribution is 2.38. The number of aromatic hydroxyl groups is 1. The molecule has 0 fully saturated rings. The van der Waals surface area contributed by atoms with Crippen LogP contribution in [0.2, 0.25) is 0 Å². The highest BCUT2D eigenvalue weighted by Gasteiger charge is 2.29. The van der Waals surface area contributed by atoms with E-state index >= 15 is 0 Å². The van der Waals surface area contributed by atoms with Gasteiger partial charge in [0.15, 0.2) is 0 Å². The Bertz CT molecular complexity index is 378. The van der Waals surface area contributed by atoms with Crippen LogP contribution in [-0.2, 0) is 6.42 Å². The second-order valence-corrected chi connectivity index (χ2v) is 4.66. The van der Waals surface area contributed by atoms with E-state index in [2.05, 4.69) is 23.2 Å². The Balaban J connectivity index is 2.11. The minimum atomic E-state index is 0.456. The summed E-state index contributed by atoms with van der Waals surface area (Å²) in [5, 5.41) is 13.1. The molecule has 0 amide bonds. The molecule has 2 rings (SSSR count). The summed E-state index contributed by atoms with van der Waals surface area (Å²) in [6, 6.07) is 6.41. The fourth-order valence-corrected chi connectivity index (χ4v) is 2.78. The molecular weight excluding hydrogens is 212 g/mol. The van der Waals surface area contributed by atoms with Crippen LogP contribution in [0.1, 0.15) is 25.3 Å². The zero-order valence-electron chi connectivity index (χ0n) is 10.7. The van der Waals surface area contributed by atoms with Crippen molar-refractivity contribution in [3.8, 4) is 5.75 Å². The number of nitrogens with zero attached hydrogens (tertiary/aromatic N) is 1. The third-order valence-corrected chi connectivity index (χ3v) is 3.62. The van der Waals surface area contributed by atoms with E-state index in [0.717, 1.165) is 25.1 Å². The summed E-state index contributed by atoms with van der Waals surface area (Å²) in [5.41, 5.74) is 2.35. The average molecular weight is 234 g/mol. The van der Waals surface area contributed by atoms with Gasteiger partial charge >= 0.3 is 0 Å². The number of rotatable bonds is 5. The summed E-state index contributed by atoms with van der Waals surface area (Å²) < 4.78 is 0. The molecular formula is C14H22N2O. The smallest absolute Gasteiger partial charge is 0.120 e. The van der Waals surface area contributed by atoms with Gasteiger partial charge < -0.3 is 15.3 Å². The topological polar surface area (TPSA) is 35.5 Å². The summed E-state index contributed by atoms with van der Waals surface area (Å²) in [4.78, 5) is 2.42. The SMILES string of the molecule is CCN1c2cccc(O)c2CC1CCCNC. The maximum atomic E-state index is 9.90. The van der Waals surface area contributed by atoms with Gasteiger partial charge in [-0.15, -0.1) is 0 Å². The minimum Gasteiger partial charge on any atom is -0.508 e. The van der Waals surface area contributed by atoms with Gasteiger partial charge in [0.2, 0.25) is 0 Å². The Hall–Kier alpha value is -1.22. The molecule has 1 heterocycles. The van der Waals surface area contributed by atoms with Crippen molar-refractivity contribution < 1.29 is 5.11 Å². The van der Waals surface area contributed by atoms with Crippen LogP contribution in [0.25, 0.3) is 0 Å². The fraction of sp³-hybridized carbons (Fsp3) is 0.571. The van der Waals surface area contributed by atoms with Crippen LogP contribution in [-0.4, -0.2) is 31.3 Å². The van der Waals surface area contributed by atoms with E-state index in [1.807, 2.05) is 13.1 Å². The largest absolute Gasteiger partial charge is 0.508 e. The molecule has 0 aliphatic carbocycles. The lowest BCUT2D eigenvalue weighted by Crippen LogP contribution is -2.32. The van der Waals surface area contributed by atoms with E-state index < -0.39 is 0 Å². The van der Waals surface area contributed by atoms with Gasteiger partial charge in [0, 0.05) is 23.8 Å². The van der Waals surface area contributed by atoms with E-state index in [-0.39, 0.29) is 0 Å².